The molecule has 6 heteroatoms. The molecule has 0 spiro atoms. The van der Waals surface area contributed by atoms with Crippen LogP contribution in [0.2, 0.25) is 5.02 Å². The van der Waals surface area contributed by atoms with Crippen LogP contribution < -0.4 is 4.90 Å². The maximum absolute atomic E-state index is 13.2. The molecule has 0 fully saturated rings. The molecule has 1 aromatic heterocycles. The first-order chi connectivity index (χ1) is 13.4. The Morgan fingerprint density at radius 1 is 1.11 bits per heavy atom. The van der Waals surface area contributed by atoms with Crippen LogP contribution in [0.5, 0.6) is 0 Å². The number of aryl methyl sites for hydroxylation is 1. The minimum absolute atomic E-state index is 0.0777. The summed E-state index contributed by atoms with van der Waals surface area (Å²) in [5.74, 6) is -0.0777. The first-order valence-electron chi connectivity index (χ1n) is 9.19. The van der Waals surface area contributed by atoms with Crippen LogP contribution in [0.1, 0.15) is 22.3 Å². The number of anilines is 1. The van der Waals surface area contributed by atoms with Gasteiger partial charge in [0.1, 0.15) is 0 Å². The molecule has 0 N–H and O–H groups in total. The van der Waals surface area contributed by atoms with E-state index in [1.807, 2.05) is 19.5 Å². The summed E-state index contributed by atoms with van der Waals surface area (Å²) in [5.41, 5.74) is 3.72. The Morgan fingerprint density at radius 2 is 1.86 bits per heavy atom. The number of hydrogen-bond donors (Lipinski definition) is 0. The molecule has 1 heterocycles. The summed E-state index contributed by atoms with van der Waals surface area (Å²) in [5, 5.41) is 3.27. The summed E-state index contributed by atoms with van der Waals surface area (Å²) in [6.07, 6.45) is 0.860. The Kier molecular flexibility index (Phi) is 6.83. The molecule has 0 aliphatic carbocycles. The fourth-order valence-electron chi connectivity index (χ4n) is 2.85. The fourth-order valence-corrected chi connectivity index (χ4v) is 3.90. The Labute approximate surface area is 175 Å². The molecule has 0 saturated carbocycles. The van der Waals surface area contributed by atoms with Crippen molar-refractivity contribution in [1.29, 1.82) is 0 Å². The summed E-state index contributed by atoms with van der Waals surface area (Å²) in [4.78, 5) is 21.8. The number of carbonyl (C=O) groups excluding carboxylic acids is 1. The van der Waals surface area contributed by atoms with Crippen molar-refractivity contribution in [1.82, 2.24) is 9.88 Å². The number of nitrogens with zero attached hydrogens (tertiary/aromatic N) is 3. The Balaban J connectivity index is 1.88. The highest BCUT2D eigenvalue weighted by atomic mass is 35.5. The van der Waals surface area contributed by atoms with Gasteiger partial charge in [-0.05, 0) is 52.2 Å². The monoisotopic (exact) mass is 413 g/mol. The van der Waals surface area contributed by atoms with Crippen molar-refractivity contribution in [2.45, 2.75) is 13.3 Å². The van der Waals surface area contributed by atoms with Gasteiger partial charge in [-0.3, -0.25) is 9.69 Å². The first kappa shape index (κ1) is 20.5. The SMILES string of the molecule is Cc1ccc(-c2csc(N(CCCN(C)C)C(=O)c3cccc(Cl)c3)n2)cc1. The minimum atomic E-state index is -0.0777. The highest BCUT2D eigenvalue weighted by Gasteiger charge is 2.21. The van der Waals surface area contributed by atoms with E-state index in [-0.39, 0.29) is 5.91 Å². The smallest absolute Gasteiger partial charge is 0.260 e. The van der Waals surface area contributed by atoms with Crippen LogP contribution in [0.3, 0.4) is 0 Å². The molecule has 0 aliphatic rings. The number of thiazole rings is 1. The Morgan fingerprint density at radius 3 is 2.54 bits per heavy atom. The van der Waals surface area contributed by atoms with Crippen molar-refractivity contribution in [3.05, 3.63) is 70.1 Å². The van der Waals surface area contributed by atoms with Crippen molar-refractivity contribution in [3.8, 4) is 11.3 Å². The van der Waals surface area contributed by atoms with Gasteiger partial charge in [0.25, 0.3) is 5.91 Å². The molecule has 1 amide bonds. The second-order valence-corrected chi connectivity index (χ2v) is 8.28. The number of rotatable bonds is 7. The molecule has 0 bridgehead atoms. The molecule has 28 heavy (non-hydrogen) atoms. The zero-order valence-corrected chi connectivity index (χ0v) is 17.9. The van der Waals surface area contributed by atoms with Gasteiger partial charge in [0.2, 0.25) is 0 Å². The largest absolute Gasteiger partial charge is 0.309 e. The highest BCUT2D eigenvalue weighted by Crippen LogP contribution is 2.29. The average Bonchev–Trinajstić information content (AvgIpc) is 3.15. The maximum atomic E-state index is 13.2. The van der Waals surface area contributed by atoms with E-state index >= 15 is 0 Å². The van der Waals surface area contributed by atoms with Crippen molar-refractivity contribution in [2.24, 2.45) is 0 Å². The molecule has 4 nitrogen and oxygen atoms in total. The highest BCUT2D eigenvalue weighted by molar-refractivity contribution is 7.14. The van der Waals surface area contributed by atoms with E-state index < -0.39 is 0 Å². The molecule has 0 aliphatic heterocycles. The van der Waals surface area contributed by atoms with Gasteiger partial charge in [-0.1, -0.05) is 47.5 Å². The van der Waals surface area contributed by atoms with Crippen molar-refractivity contribution in [2.75, 3.05) is 32.1 Å². The second kappa shape index (κ2) is 9.32. The number of amides is 1. The number of carbonyl (C=O) groups is 1. The second-order valence-electron chi connectivity index (χ2n) is 7.01. The maximum Gasteiger partial charge on any atom is 0.260 e. The number of halogens is 1. The third kappa shape index (κ3) is 5.19. The molecule has 0 saturated heterocycles. The van der Waals surface area contributed by atoms with E-state index in [4.69, 9.17) is 16.6 Å². The first-order valence-corrected chi connectivity index (χ1v) is 10.4. The van der Waals surface area contributed by atoms with Gasteiger partial charge in [-0.25, -0.2) is 4.98 Å². The number of aromatic nitrogens is 1. The van der Waals surface area contributed by atoms with Gasteiger partial charge in [0.15, 0.2) is 5.13 Å². The van der Waals surface area contributed by atoms with Gasteiger partial charge in [0, 0.05) is 28.1 Å². The Hall–Kier alpha value is -2.21. The quantitative estimate of drug-likeness (QED) is 0.522. The van der Waals surface area contributed by atoms with Crippen LogP contribution in [0.4, 0.5) is 5.13 Å². The molecule has 2 aromatic carbocycles. The number of hydrogen-bond acceptors (Lipinski definition) is 4. The lowest BCUT2D eigenvalue weighted by Gasteiger charge is -2.21. The van der Waals surface area contributed by atoms with Crippen molar-refractivity contribution >= 4 is 34.0 Å². The number of benzene rings is 2. The molecule has 3 rings (SSSR count). The predicted molar refractivity (Wildman–Crippen MR) is 119 cm³/mol. The lowest BCUT2D eigenvalue weighted by molar-refractivity contribution is 0.0986. The molecular formula is C22H24ClN3OS. The standard InChI is InChI=1S/C22H24ClN3OS/c1-16-8-10-17(11-9-16)20-15-28-22(24-20)26(13-5-12-25(2)3)21(27)18-6-4-7-19(23)14-18/h4,6-11,14-15H,5,12-13H2,1-3H3. The van der Waals surface area contributed by atoms with Gasteiger partial charge < -0.3 is 4.90 Å². The average molecular weight is 414 g/mol. The van der Waals surface area contributed by atoms with Crippen LogP contribution in [0.25, 0.3) is 11.3 Å². The lowest BCUT2D eigenvalue weighted by Crippen LogP contribution is -2.33. The third-order valence-electron chi connectivity index (χ3n) is 4.37. The molecule has 0 radical (unpaired) electrons. The molecule has 0 atom stereocenters. The van der Waals surface area contributed by atoms with Crippen LogP contribution in [0.15, 0.2) is 53.9 Å². The summed E-state index contributed by atoms with van der Waals surface area (Å²) in [6.45, 7) is 3.56. The molecule has 3 aromatic rings. The van der Waals surface area contributed by atoms with E-state index in [0.29, 0.717) is 22.3 Å². The van der Waals surface area contributed by atoms with Gasteiger partial charge in [-0.2, -0.15) is 0 Å². The Bertz CT molecular complexity index is 937. The van der Waals surface area contributed by atoms with E-state index in [0.717, 1.165) is 24.2 Å². The lowest BCUT2D eigenvalue weighted by atomic mass is 10.1. The van der Waals surface area contributed by atoms with E-state index in [9.17, 15) is 4.79 Å². The predicted octanol–water partition coefficient (Wildman–Crippen LogP) is 5.37. The topological polar surface area (TPSA) is 36.4 Å². The molecule has 0 unspecified atom stereocenters. The fraction of sp³-hybridized carbons (Fsp3) is 0.273. The van der Waals surface area contributed by atoms with E-state index in [2.05, 4.69) is 36.1 Å². The van der Waals surface area contributed by atoms with Crippen LogP contribution in [-0.2, 0) is 0 Å². The van der Waals surface area contributed by atoms with Crippen LogP contribution in [-0.4, -0.2) is 43.0 Å². The zero-order valence-electron chi connectivity index (χ0n) is 16.4. The minimum Gasteiger partial charge on any atom is -0.309 e. The van der Waals surface area contributed by atoms with Crippen molar-refractivity contribution < 1.29 is 4.79 Å². The summed E-state index contributed by atoms with van der Waals surface area (Å²) in [6, 6.07) is 15.3. The van der Waals surface area contributed by atoms with E-state index in [1.54, 1.807) is 29.2 Å². The van der Waals surface area contributed by atoms with Crippen molar-refractivity contribution in [3.63, 3.8) is 0 Å². The summed E-state index contributed by atoms with van der Waals surface area (Å²) < 4.78 is 0. The van der Waals surface area contributed by atoms with Gasteiger partial charge in [0.05, 0.1) is 5.69 Å². The van der Waals surface area contributed by atoms with E-state index in [1.165, 1.54) is 16.9 Å². The third-order valence-corrected chi connectivity index (χ3v) is 5.47. The summed E-state index contributed by atoms with van der Waals surface area (Å²) >= 11 is 7.58. The van der Waals surface area contributed by atoms with Crippen LogP contribution >= 0.6 is 22.9 Å². The molecule has 146 valence electrons. The molecular weight excluding hydrogens is 390 g/mol. The summed E-state index contributed by atoms with van der Waals surface area (Å²) in [7, 11) is 4.06. The normalized spacial score (nSPS) is 11.0. The zero-order chi connectivity index (χ0) is 20.1. The van der Waals surface area contributed by atoms with Gasteiger partial charge >= 0.3 is 0 Å². The van der Waals surface area contributed by atoms with Crippen LogP contribution in [0, 0.1) is 6.92 Å². The van der Waals surface area contributed by atoms with Gasteiger partial charge in [-0.15, -0.1) is 11.3 Å².